The average molecular weight is 180 g/mol. The van der Waals surface area contributed by atoms with Gasteiger partial charge >= 0.3 is 0 Å². The van der Waals surface area contributed by atoms with Crippen molar-refractivity contribution < 1.29 is 0 Å². The average Bonchev–Trinajstić information content (AvgIpc) is 2.94. The molecular formula is C11H20N2. The lowest BCUT2D eigenvalue weighted by Gasteiger charge is -2.24. The summed E-state index contributed by atoms with van der Waals surface area (Å²) >= 11 is 0. The molecule has 0 aliphatic heterocycles. The van der Waals surface area contributed by atoms with Crippen LogP contribution in [0.4, 0.5) is 0 Å². The topological polar surface area (TPSA) is 27.0 Å². The molecule has 0 bridgehead atoms. The molecule has 1 rings (SSSR count). The van der Waals surface area contributed by atoms with Crippen molar-refractivity contribution in [3.05, 3.63) is 0 Å². The first-order valence-electron chi connectivity index (χ1n) is 5.33. The molecular weight excluding hydrogens is 160 g/mol. The van der Waals surface area contributed by atoms with Crippen LogP contribution in [0.5, 0.6) is 0 Å². The predicted octanol–water partition coefficient (Wildman–Crippen LogP) is 2.41. The molecule has 0 aromatic rings. The van der Waals surface area contributed by atoms with Crippen molar-refractivity contribution in [1.29, 1.82) is 5.26 Å². The summed E-state index contributed by atoms with van der Waals surface area (Å²) in [6.07, 6.45) is 5.78. The van der Waals surface area contributed by atoms with Crippen LogP contribution in [-0.2, 0) is 0 Å². The Bertz CT molecular complexity index is 179. The van der Waals surface area contributed by atoms with E-state index in [0.717, 1.165) is 24.9 Å². The lowest BCUT2D eigenvalue weighted by atomic mass is 10.1. The van der Waals surface area contributed by atoms with E-state index in [4.69, 9.17) is 5.26 Å². The van der Waals surface area contributed by atoms with Gasteiger partial charge in [-0.2, -0.15) is 5.26 Å². The van der Waals surface area contributed by atoms with Gasteiger partial charge in [0, 0.05) is 12.5 Å². The maximum Gasteiger partial charge on any atom is 0.0621 e. The third-order valence-corrected chi connectivity index (χ3v) is 3.05. The molecule has 0 spiro atoms. The molecule has 1 fully saturated rings. The summed E-state index contributed by atoms with van der Waals surface area (Å²) in [5.41, 5.74) is 0. The molecule has 2 heteroatoms. The Labute approximate surface area is 81.5 Å². The number of nitrogens with zero attached hydrogens (tertiary/aromatic N) is 2. The molecule has 2 nitrogen and oxygen atoms in total. The van der Waals surface area contributed by atoms with Crippen molar-refractivity contribution in [2.24, 2.45) is 5.92 Å². The number of nitriles is 1. The van der Waals surface area contributed by atoms with Crippen molar-refractivity contribution >= 4 is 0 Å². The van der Waals surface area contributed by atoms with Gasteiger partial charge in [0.05, 0.1) is 6.07 Å². The van der Waals surface area contributed by atoms with Gasteiger partial charge in [0.15, 0.2) is 0 Å². The van der Waals surface area contributed by atoms with Gasteiger partial charge in [-0.05, 0) is 52.1 Å². The van der Waals surface area contributed by atoms with Crippen LogP contribution in [0.15, 0.2) is 0 Å². The van der Waals surface area contributed by atoms with Crippen LogP contribution in [0, 0.1) is 17.2 Å². The Morgan fingerprint density at radius 2 is 2.15 bits per heavy atom. The van der Waals surface area contributed by atoms with Crippen LogP contribution < -0.4 is 0 Å². The maximum absolute atomic E-state index is 8.38. The summed E-state index contributed by atoms with van der Waals surface area (Å²) in [5.74, 6) is 0.959. The van der Waals surface area contributed by atoms with Gasteiger partial charge in [-0.15, -0.1) is 0 Å². The van der Waals surface area contributed by atoms with E-state index in [0.29, 0.717) is 6.42 Å². The molecule has 13 heavy (non-hydrogen) atoms. The molecule has 0 heterocycles. The molecule has 0 saturated heterocycles. The van der Waals surface area contributed by atoms with Crippen LogP contribution in [-0.4, -0.2) is 24.5 Å². The summed E-state index contributed by atoms with van der Waals surface area (Å²) < 4.78 is 0. The lowest BCUT2D eigenvalue weighted by Crippen LogP contribution is -2.31. The van der Waals surface area contributed by atoms with Crippen LogP contribution in [0.25, 0.3) is 0 Å². The van der Waals surface area contributed by atoms with E-state index in [-0.39, 0.29) is 0 Å². The highest BCUT2D eigenvalue weighted by Gasteiger charge is 2.29. The van der Waals surface area contributed by atoms with Crippen molar-refractivity contribution in [1.82, 2.24) is 4.90 Å². The van der Waals surface area contributed by atoms with E-state index in [9.17, 15) is 0 Å². The molecule has 0 aromatic carbocycles. The lowest BCUT2D eigenvalue weighted by molar-refractivity contribution is 0.230. The molecule has 0 radical (unpaired) electrons. The number of hydrogen-bond acceptors (Lipinski definition) is 2. The van der Waals surface area contributed by atoms with Crippen LogP contribution in [0.2, 0.25) is 0 Å². The van der Waals surface area contributed by atoms with Gasteiger partial charge < -0.3 is 4.90 Å². The van der Waals surface area contributed by atoms with E-state index >= 15 is 0 Å². The first-order chi connectivity index (χ1) is 6.25. The summed E-state index contributed by atoms with van der Waals surface area (Å²) in [7, 11) is 2.20. The van der Waals surface area contributed by atoms with Crippen molar-refractivity contribution in [2.75, 3.05) is 13.6 Å². The molecule has 0 amide bonds. The zero-order chi connectivity index (χ0) is 9.68. The minimum Gasteiger partial charge on any atom is -0.303 e. The van der Waals surface area contributed by atoms with Crippen LogP contribution >= 0.6 is 0 Å². The molecule has 1 aliphatic carbocycles. The fourth-order valence-corrected chi connectivity index (χ4v) is 1.71. The fourth-order valence-electron chi connectivity index (χ4n) is 1.71. The zero-order valence-electron chi connectivity index (χ0n) is 8.79. The molecule has 0 N–H and O–H groups in total. The SMILES string of the molecule is CC(C1CC1)N(C)CCCCC#N. The summed E-state index contributed by atoms with van der Waals surface area (Å²) in [6, 6.07) is 2.94. The van der Waals surface area contributed by atoms with Crippen LogP contribution in [0.3, 0.4) is 0 Å². The largest absolute Gasteiger partial charge is 0.303 e. The third-order valence-electron chi connectivity index (χ3n) is 3.05. The van der Waals surface area contributed by atoms with Crippen molar-refractivity contribution in [3.63, 3.8) is 0 Å². The summed E-state index contributed by atoms with van der Waals surface area (Å²) in [5, 5.41) is 8.38. The van der Waals surface area contributed by atoms with E-state index in [1.165, 1.54) is 19.3 Å². The Morgan fingerprint density at radius 3 is 2.69 bits per heavy atom. The molecule has 1 atom stereocenters. The normalized spacial score (nSPS) is 18.6. The van der Waals surface area contributed by atoms with E-state index in [1.807, 2.05) is 0 Å². The van der Waals surface area contributed by atoms with Crippen molar-refractivity contribution in [3.8, 4) is 6.07 Å². The zero-order valence-corrected chi connectivity index (χ0v) is 8.79. The quantitative estimate of drug-likeness (QED) is 0.587. The van der Waals surface area contributed by atoms with Crippen LogP contribution in [0.1, 0.15) is 39.0 Å². The smallest absolute Gasteiger partial charge is 0.0621 e. The number of unbranched alkanes of at least 4 members (excludes halogenated alkanes) is 2. The second kappa shape index (κ2) is 5.24. The Balaban J connectivity index is 2.03. The minimum absolute atomic E-state index is 0.714. The van der Waals surface area contributed by atoms with Gasteiger partial charge in [0.2, 0.25) is 0 Å². The van der Waals surface area contributed by atoms with E-state index in [2.05, 4.69) is 24.9 Å². The van der Waals surface area contributed by atoms with Gasteiger partial charge in [-0.25, -0.2) is 0 Å². The van der Waals surface area contributed by atoms with E-state index < -0.39 is 0 Å². The molecule has 1 saturated carbocycles. The summed E-state index contributed by atoms with van der Waals surface area (Å²) in [6.45, 7) is 3.47. The van der Waals surface area contributed by atoms with E-state index in [1.54, 1.807) is 0 Å². The molecule has 74 valence electrons. The highest BCUT2D eigenvalue weighted by atomic mass is 15.1. The Hall–Kier alpha value is -0.550. The standard InChI is InChI=1S/C11H20N2/c1-10(11-6-7-11)13(2)9-5-3-4-8-12/h10-11H,3-7,9H2,1-2H3. The third kappa shape index (κ3) is 3.78. The monoisotopic (exact) mass is 180 g/mol. The maximum atomic E-state index is 8.38. The second-order valence-corrected chi connectivity index (χ2v) is 4.17. The van der Waals surface area contributed by atoms with Gasteiger partial charge in [0.1, 0.15) is 0 Å². The second-order valence-electron chi connectivity index (χ2n) is 4.17. The molecule has 1 aliphatic rings. The van der Waals surface area contributed by atoms with Crippen molar-refractivity contribution in [2.45, 2.75) is 45.1 Å². The van der Waals surface area contributed by atoms with Gasteiger partial charge in [0.25, 0.3) is 0 Å². The first-order valence-corrected chi connectivity index (χ1v) is 5.33. The predicted molar refractivity (Wildman–Crippen MR) is 54.3 cm³/mol. The Morgan fingerprint density at radius 1 is 1.46 bits per heavy atom. The minimum atomic E-state index is 0.714. The Kier molecular flexibility index (Phi) is 4.24. The molecule has 0 aromatic heterocycles. The highest BCUT2D eigenvalue weighted by Crippen LogP contribution is 2.34. The summed E-state index contributed by atoms with van der Waals surface area (Å²) in [4.78, 5) is 2.44. The highest BCUT2D eigenvalue weighted by molar-refractivity contribution is 4.84. The van der Waals surface area contributed by atoms with Gasteiger partial charge in [-0.3, -0.25) is 0 Å². The number of rotatable bonds is 6. The van der Waals surface area contributed by atoms with Gasteiger partial charge in [-0.1, -0.05) is 0 Å². The number of hydrogen-bond donors (Lipinski definition) is 0. The first kappa shape index (κ1) is 10.5. The molecule has 1 unspecified atom stereocenters. The fraction of sp³-hybridized carbons (Fsp3) is 0.909.